The third-order valence-corrected chi connectivity index (χ3v) is 1.48. The summed E-state index contributed by atoms with van der Waals surface area (Å²) in [6, 6.07) is 3.42. The van der Waals surface area contributed by atoms with Gasteiger partial charge in [-0.05, 0) is 6.07 Å². The number of pyridine rings is 1. The van der Waals surface area contributed by atoms with Gasteiger partial charge in [-0.15, -0.1) is 6.58 Å². The Labute approximate surface area is 65.7 Å². The van der Waals surface area contributed by atoms with Crippen LogP contribution in [0.3, 0.4) is 0 Å². The molecule has 11 heavy (non-hydrogen) atoms. The molecule has 0 saturated carbocycles. The highest BCUT2D eigenvalue weighted by Crippen LogP contribution is 2.15. The van der Waals surface area contributed by atoms with E-state index in [1.54, 1.807) is 18.3 Å². The van der Waals surface area contributed by atoms with E-state index in [0.29, 0.717) is 5.82 Å². The third-order valence-electron chi connectivity index (χ3n) is 1.48. The van der Waals surface area contributed by atoms with Gasteiger partial charge in [-0.3, -0.25) is 0 Å². The fraction of sp³-hybridized carbons (Fsp3) is 0.125. The molecule has 1 atom stereocenters. The topological polar surface area (TPSA) is 64.9 Å². The number of nitrogens with zero attached hydrogens (tertiary/aromatic N) is 1. The van der Waals surface area contributed by atoms with Crippen molar-refractivity contribution < 1.29 is 0 Å². The predicted octanol–water partition coefficient (Wildman–Crippen LogP) is 0.850. The van der Waals surface area contributed by atoms with E-state index in [9.17, 15) is 0 Å². The Morgan fingerprint density at radius 1 is 1.64 bits per heavy atom. The molecule has 0 aliphatic rings. The van der Waals surface area contributed by atoms with Crippen LogP contribution in [0, 0.1) is 0 Å². The lowest BCUT2D eigenvalue weighted by atomic mass is 10.1. The van der Waals surface area contributed by atoms with Crippen molar-refractivity contribution in [1.82, 2.24) is 4.98 Å². The van der Waals surface area contributed by atoms with Crippen LogP contribution in [0.5, 0.6) is 0 Å². The molecule has 0 aliphatic heterocycles. The summed E-state index contributed by atoms with van der Waals surface area (Å²) in [7, 11) is 0. The molecule has 3 heteroatoms. The van der Waals surface area contributed by atoms with E-state index in [0.717, 1.165) is 5.56 Å². The van der Waals surface area contributed by atoms with Crippen molar-refractivity contribution >= 4 is 5.82 Å². The zero-order chi connectivity index (χ0) is 8.27. The molecule has 0 spiro atoms. The molecule has 0 fully saturated rings. The van der Waals surface area contributed by atoms with E-state index in [1.165, 1.54) is 0 Å². The van der Waals surface area contributed by atoms with Crippen molar-refractivity contribution in [3.8, 4) is 0 Å². The van der Waals surface area contributed by atoms with Crippen LogP contribution in [0.15, 0.2) is 31.0 Å². The maximum Gasteiger partial charge on any atom is 0.128 e. The van der Waals surface area contributed by atoms with Crippen LogP contribution in [-0.2, 0) is 0 Å². The number of rotatable bonds is 2. The van der Waals surface area contributed by atoms with Gasteiger partial charge in [0.1, 0.15) is 5.82 Å². The predicted molar refractivity (Wildman–Crippen MR) is 45.8 cm³/mol. The highest BCUT2D eigenvalue weighted by molar-refractivity contribution is 5.42. The van der Waals surface area contributed by atoms with Crippen molar-refractivity contribution in [3.63, 3.8) is 0 Å². The molecule has 1 heterocycles. The lowest BCUT2D eigenvalue weighted by Crippen LogP contribution is -2.09. The summed E-state index contributed by atoms with van der Waals surface area (Å²) in [6.07, 6.45) is 3.27. The molecule has 1 aromatic heterocycles. The molecule has 0 amide bonds. The maximum absolute atomic E-state index is 5.66. The highest BCUT2D eigenvalue weighted by Gasteiger charge is 2.04. The second-order valence-corrected chi connectivity index (χ2v) is 2.24. The molecule has 1 aromatic rings. The zero-order valence-corrected chi connectivity index (χ0v) is 6.20. The van der Waals surface area contributed by atoms with Crippen molar-refractivity contribution in [1.29, 1.82) is 0 Å². The van der Waals surface area contributed by atoms with Gasteiger partial charge < -0.3 is 11.5 Å². The van der Waals surface area contributed by atoms with Gasteiger partial charge in [-0.1, -0.05) is 12.1 Å². The second kappa shape index (κ2) is 3.16. The quantitative estimate of drug-likeness (QED) is 0.612. The Balaban J connectivity index is 3.02. The standard InChI is InChI=1S/C8H11N3/c1-2-7(9)6-4-3-5-11-8(6)10/h2-5,7H,1,9H2,(H2,10,11)/t7-/m0/s1. The Morgan fingerprint density at radius 2 is 2.36 bits per heavy atom. The third kappa shape index (κ3) is 1.56. The van der Waals surface area contributed by atoms with Crippen LogP contribution in [-0.4, -0.2) is 4.98 Å². The van der Waals surface area contributed by atoms with Crippen LogP contribution in [0.25, 0.3) is 0 Å². The zero-order valence-electron chi connectivity index (χ0n) is 6.20. The number of hydrogen-bond acceptors (Lipinski definition) is 3. The lowest BCUT2D eigenvalue weighted by molar-refractivity contribution is 0.909. The van der Waals surface area contributed by atoms with Crippen LogP contribution in [0.4, 0.5) is 5.82 Å². The smallest absolute Gasteiger partial charge is 0.128 e. The van der Waals surface area contributed by atoms with E-state index in [4.69, 9.17) is 11.5 Å². The molecule has 4 N–H and O–H groups in total. The average molecular weight is 149 g/mol. The summed E-state index contributed by atoms with van der Waals surface area (Å²) < 4.78 is 0. The van der Waals surface area contributed by atoms with Gasteiger partial charge in [0.15, 0.2) is 0 Å². The maximum atomic E-state index is 5.66. The normalized spacial score (nSPS) is 12.5. The minimum atomic E-state index is -0.219. The average Bonchev–Trinajstić information content (AvgIpc) is 2.04. The molecule has 0 aromatic carbocycles. The van der Waals surface area contributed by atoms with Crippen molar-refractivity contribution in [2.45, 2.75) is 6.04 Å². The van der Waals surface area contributed by atoms with Gasteiger partial charge >= 0.3 is 0 Å². The molecule has 0 aliphatic carbocycles. The summed E-state index contributed by atoms with van der Waals surface area (Å²) in [6.45, 7) is 3.57. The molecule has 0 bridgehead atoms. The molecule has 1 rings (SSSR count). The largest absolute Gasteiger partial charge is 0.383 e. The first-order valence-corrected chi connectivity index (χ1v) is 3.34. The minimum absolute atomic E-state index is 0.219. The summed E-state index contributed by atoms with van der Waals surface area (Å²) in [4.78, 5) is 3.90. The fourth-order valence-corrected chi connectivity index (χ4v) is 0.839. The molecule has 58 valence electrons. The fourth-order valence-electron chi connectivity index (χ4n) is 0.839. The molecular weight excluding hydrogens is 138 g/mol. The molecule has 0 radical (unpaired) electrons. The SMILES string of the molecule is C=C[C@H](N)c1cccnc1N. The highest BCUT2D eigenvalue weighted by atomic mass is 14.8. The number of hydrogen-bond donors (Lipinski definition) is 2. The van der Waals surface area contributed by atoms with E-state index in [1.807, 2.05) is 6.07 Å². The van der Waals surface area contributed by atoms with Crippen LogP contribution >= 0.6 is 0 Å². The summed E-state index contributed by atoms with van der Waals surface area (Å²) in [5.41, 5.74) is 12.0. The lowest BCUT2D eigenvalue weighted by Gasteiger charge is -2.07. The number of aromatic nitrogens is 1. The Morgan fingerprint density at radius 3 is 2.91 bits per heavy atom. The Hall–Kier alpha value is -1.35. The summed E-state index contributed by atoms with van der Waals surface area (Å²) >= 11 is 0. The van der Waals surface area contributed by atoms with Gasteiger partial charge in [0.05, 0.1) is 6.04 Å². The molecule has 3 nitrogen and oxygen atoms in total. The molecule has 0 unspecified atom stereocenters. The number of nitrogens with two attached hydrogens (primary N) is 2. The van der Waals surface area contributed by atoms with Crippen molar-refractivity contribution in [2.24, 2.45) is 5.73 Å². The van der Waals surface area contributed by atoms with Crippen LogP contribution in [0.2, 0.25) is 0 Å². The van der Waals surface area contributed by atoms with E-state index in [2.05, 4.69) is 11.6 Å². The van der Waals surface area contributed by atoms with Gasteiger partial charge in [0.25, 0.3) is 0 Å². The molecular formula is C8H11N3. The van der Waals surface area contributed by atoms with Crippen LogP contribution in [0.1, 0.15) is 11.6 Å². The summed E-state index contributed by atoms with van der Waals surface area (Å²) in [5, 5.41) is 0. The number of nitrogen functional groups attached to an aromatic ring is 1. The van der Waals surface area contributed by atoms with Crippen LogP contribution < -0.4 is 11.5 Å². The van der Waals surface area contributed by atoms with E-state index < -0.39 is 0 Å². The first-order chi connectivity index (χ1) is 5.25. The summed E-state index contributed by atoms with van der Waals surface area (Å²) in [5.74, 6) is 0.472. The number of anilines is 1. The van der Waals surface area contributed by atoms with Crippen molar-refractivity contribution in [3.05, 3.63) is 36.5 Å². The minimum Gasteiger partial charge on any atom is -0.383 e. The molecule has 0 saturated heterocycles. The van der Waals surface area contributed by atoms with Crippen molar-refractivity contribution in [2.75, 3.05) is 5.73 Å². The van der Waals surface area contributed by atoms with Gasteiger partial charge in [0.2, 0.25) is 0 Å². The Kier molecular flexibility index (Phi) is 2.23. The first kappa shape index (κ1) is 7.75. The van der Waals surface area contributed by atoms with Gasteiger partial charge in [-0.2, -0.15) is 0 Å². The van der Waals surface area contributed by atoms with E-state index >= 15 is 0 Å². The second-order valence-electron chi connectivity index (χ2n) is 2.24. The Bertz CT molecular complexity index is 257. The first-order valence-electron chi connectivity index (χ1n) is 3.34. The van der Waals surface area contributed by atoms with Gasteiger partial charge in [0, 0.05) is 11.8 Å². The van der Waals surface area contributed by atoms with Gasteiger partial charge in [-0.25, -0.2) is 4.98 Å². The monoisotopic (exact) mass is 149 g/mol. The van der Waals surface area contributed by atoms with E-state index in [-0.39, 0.29) is 6.04 Å².